The molecule has 0 spiro atoms. The standard InChI is InChI=1S/C32H66N2O4.2ClH/c1-7-9-11-13-15-17-19-21-25-33(3,4)27-29-37-31(35)23-24-32(36)38-30-28-34(5,6)26-22-20-18-16-14-12-10-8-2;;/h7-30H2,1-6H3;2*1H/q+2;;/p-2. The van der Waals surface area contributed by atoms with Gasteiger partial charge >= 0.3 is 11.9 Å². The molecule has 0 rings (SSSR count). The number of unbranched alkanes of at least 4 members (excludes halogenated alkanes) is 14. The maximum absolute atomic E-state index is 12.1. The zero-order valence-electron chi connectivity index (χ0n) is 27.3. The number of nitrogens with zero attached hydrogens (tertiary/aromatic N) is 2. The predicted octanol–water partition coefficient (Wildman–Crippen LogP) is 1.30. The Hall–Kier alpha value is -0.560. The summed E-state index contributed by atoms with van der Waals surface area (Å²) in [5.41, 5.74) is 0. The summed E-state index contributed by atoms with van der Waals surface area (Å²) in [6.45, 7) is 9.14. The number of halogens is 2. The zero-order chi connectivity index (χ0) is 28.5. The number of hydrogen-bond acceptors (Lipinski definition) is 4. The summed E-state index contributed by atoms with van der Waals surface area (Å²) in [5.74, 6) is -0.611. The van der Waals surface area contributed by atoms with Crippen LogP contribution in [0.1, 0.15) is 129 Å². The van der Waals surface area contributed by atoms with E-state index in [0.717, 1.165) is 35.1 Å². The molecule has 0 heterocycles. The largest absolute Gasteiger partial charge is 1.00 e. The van der Waals surface area contributed by atoms with E-state index in [1.165, 1.54) is 103 Å². The van der Waals surface area contributed by atoms with Gasteiger partial charge in [0, 0.05) is 0 Å². The molecule has 8 heteroatoms. The Labute approximate surface area is 261 Å². The van der Waals surface area contributed by atoms with E-state index in [9.17, 15) is 9.59 Å². The third-order valence-electron chi connectivity index (χ3n) is 7.69. The molecule has 6 nitrogen and oxygen atoms in total. The second-order valence-corrected chi connectivity index (χ2v) is 12.7. The monoisotopic (exact) mass is 612 g/mol. The Bertz CT molecular complexity index is 539. The van der Waals surface area contributed by atoms with E-state index in [4.69, 9.17) is 9.47 Å². The first-order valence-electron chi connectivity index (χ1n) is 16.1. The first kappa shape index (κ1) is 43.9. The average molecular weight is 614 g/mol. The van der Waals surface area contributed by atoms with Gasteiger partial charge in [-0.2, -0.15) is 0 Å². The van der Waals surface area contributed by atoms with Crippen LogP contribution < -0.4 is 24.8 Å². The molecule has 0 aromatic carbocycles. The summed E-state index contributed by atoms with van der Waals surface area (Å²) < 4.78 is 12.5. The molecule has 0 aliphatic rings. The Balaban J connectivity index is -0.00000684. The number of carbonyl (C=O) groups is 2. The lowest BCUT2D eigenvalue weighted by molar-refractivity contribution is -0.890. The van der Waals surface area contributed by atoms with Crippen molar-refractivity contribution >= 4 is 11.9 Å². The minimum Gasteiger partial charge on any atom is -1.00 e. The SMILES string of the molecule is CCCCCCCCCC[N+](C)(C)CCOC(=O)CCC(=O)OCC[N+](C)(C)CCCCCCCCCC.[Cl-].[Cl-]. The zero-order valence-corrected chi connectivity index (χ0v) is 28.8. The van der Waals surface area contributed by atoms with Gasteiger partial charge in [-0.05, 0) is 25.7 Å². The molecule has 0 N–H and O–H groups in total. The molecule has 0 unspecified atom stereocenters. The molecular formula is C32H66Cl2N2O4. The molecule has 40 heavy (non-hydrogen) atoms. The van der Waals surface area contributed by atoms with Crippen molar-refractivity contribution in [3.05, 3.63) is 0 Å². The second-order valence-electron chi connectivity index (χ2n) is 12.7. The van der Waals surface area contributed by atoms with Crippen LogP contribution in [-0.4, -0.2) is 88.5 Å². The van der Waals surface area contributed by atoms with Crippen molar-refractivity contribution in [3.63, 3.8) is 0 Å². The van der Waals surface area contributed by atoms with Crippen molar-refractivity contribution in [2.24, 2.45) is 0 Å². The van der Waals surface area contributed by atoms with Gasteiger partial charge in [-0.1, -0.05) is 90.9 Å². The van der Waals surface area contributed by atoms with E-state index >= 15 is 0 Å². The van der Waals surface area contributed by atoms with Crippen LogP contribution in [0.5, 0.6) is 0 Å². The van der Waals surface area contributed by atoms with E-state index in [2.05, 4.69) is 42.0 Å². The lowest BCUT2D eigenvalue weighted by Crippen LogP contribution is -3.00. The summed E-state index contributed by atoms with van der Waals surface area (Å²) >= 11 is 0. The smallest absolute Gasteiger partial charge is 0.306 e. The number of esters is 2. The van der Waals surface area contributed by atoms with Crippen LogP contribution in [0.3, 0.4) is 0 Å². The van der Waals surface area contributed by atoms with Crippen molar-refractivity contribution in [3.8, 4) is 0 Å². The van der Waals surface area contributed by atoms with E-state index in [1.807, 2.05) is 0 Å². The van der Waals surface area contributed by atoms with Crippen molar-refractivity contribution < 1.29 is 52.8 Å². The van der Waals surface area contributed by atoms with Crippen LogP contribution in [0.2, 0.25) is 0 Å². The maximum atomic E-state index is 12.1. The first-order valence-corrected chi connectivity index (χ1v) is 16.1. The number of quaternary nitrogens is 2. The summed E-state index contributed by atoms with van der Waals surface area (Å²) in [5, 5.41) is 0. The van der Waals surface area contributed by atoms with Gasteiger partial charge in [0.1, 0.15) is 26.3 Å². The predicted molar refractivity (Wildman–Crippen MR) is 160 cm³/mol. The van der Waals surface area contributed by atoms with Crippen molar-refractivity contribution in [1.29, 1.82) is 0 Å². The Morgan fingerprint density at radius 1 is 0.450 bits per heavy atom. The molecule has 0 aromatic heterocycles. The molecule has 0 fully saturated rings. The summed E-state index contributed by atoms with van der Waals surface area (Å²) in [6.07, 6.45) is 21.4. The van der Waals surface area contributed by atoms with Crippen molar-refractivity contribution in [1.82, 2.24) is 0 Å². The van der Waals surface area contributed by atoms with Crippen LogP contribution in [0.4, 0.5) is 0 Å². The lowest BCUT2D eigenvalue weighted by Gasteiger charge is -2.29. The van der Waals surface area contributed by atoms with Crippen LogP contribution in [0.15, 0.2) is 0 Å². The Morgan fingerprint density at radius 2 is 0.725 bits per heavy atom. The van der Waals surface area contributed by atoms with Crippen LogP contribution >= 0.6 is 0 Å². The van der Waals surface area contributed by atoms with Gasteiger partial charge < -0.3 is 43.3 Å². The van der Waals surface area contributed by atoms with Gasteiger partial charge in [-0.3, -0.25) is 9.59 Å². The van der Waals surface area contributed by atoms with Crippen LogP contribution in [-0.2, 0) is 19.1 Å². The molecule has 0 saturated carbocycles. The van der Waals surface area contributed by atoms with Gasteiger partial charge in [0.25, 0.3) is 0 Å². The number of carbonyl (C=O) groups excluding carboxylic acids is 2. The molecule has 0 saturated heterocycles. The summed E-state index contributed by atoms with van der Waals surface area (Å²) in [4.78, 5) is 24.2. The third kappa shape index (κ3) is 30.4. The fourth-order valence-electron chi connectivity index (χ4n) is 4.73. The van der Waals surface area contributed by atoms with E-state index in [0.29, 0.717) is 13.2 Å². The third-order valence-corrected chi connectivity index (χ3v) is 7.69. The normalized spacial score (nSPS) is 11.4. The summed E-state index contributed by atoms with van der Waals surface area (Å²) in [6, 6.07) is 0. The average Bonchev–Trinajstić information content (AvgIpc) is 2.85. The Morgan fingerprint density at radius 3 is 1.02 bits per heavy atom. The number of rotatable bonds is 27. The van der Waals surface area contributed by atoms with Crippen LogP contribution in [0, 0.1) is 0 Å². The Kier molecular flexibility index (Phi) is 31.3. The quantitative estimate of drug-likeness (QED) is 0.0797. The molecule has 0 aliphatic carbocycles. The molecular weight excluding hydrogens is 547 g/mol. The topological polar surface area (TPSA) is 52.6 Å². The molecule has 0 atom stereocenters. The van der Waals surface area contributed by atoms with Gasteiger partial charge in [-0.25, -0.2) is 0 Å². The molecule has 242 valence electrons. The first-order chi connectivity index (χ1) is 18.1. The van der Waals surface area contributed by atoms with Gasteiger partial charge in [0.15, 0.2) is 0 Å². The lowest BCUT2D eigenvalue weighted by atomic mass is 10.1. The van der Waals surface area contributed by atoms with Gasteiger partial charge in [0.05, 0.1) is 54.1 Å². The van der Waals surface area contributed by atoms with E-state index in [-0.39, 0.29) is 49.6 Å². The highest BCUT2D eigenvalue weighted by Gasteiger charge is 2.18. The van der Waals surface area contributed by atoms with Gasteiger partial charge in [-0.15, -0.1) is 0 Å². The van der Waals surface area contributed by atoms with E-state index in [1.54, 1.807) is 0 Å². The fourth-order valence-corrected chi connectivity index (χ4v) is 4.73. The molecule has 0 amide bonds. The van der Waals surface area contributed by atoms with Crippen LogP contribution in [0.25, 0.3) is 0 Å². The highest BCUT2D eigenvalue weighted by molar-refractivity contribution is 5.77. The second kappa shape index (κ2) is 28.6. The minimum absolute atomic E-state index is 0. The van der Waals surface area contributed by atoms with Gasteiger partial charge in [0.2, 0.25) is 0 Å². The van der Waals surface area contributed by atoms with E-state index < -0.39 is 0 Å². The highest BCUT2D eigenvalue weighted by atomic mass is 35.5. The number of likely N-dealkylation sites (N-methyl/N-ethyl adjacent to an activating group) is 2. The molecule has 0 bridgehead atoms. The van der Waals surface area contributed by atoms with Crippen molar-refractivity contribution in [2.45, 2.75) is 129 Å². The minimum atomic E-state index is -0.306. The number of ether oxygens (including phenoxy) is 2. The maximum Gasteiger partial charge on any atom is 0.306 e. The molecule has 0 radical (unpaired) electrons. The highest BCUT2D eigenvalue weighted by Crippen LogP contribution is 2.11. The van der Waals surface area contributed by atoms with Crippen molar-refractivity contribution in [2.75, 3.05) is 67.6 Å². The number of hydrogen-bond donors (Lipinski definition) is 0. The summed E-state index contributed by atoms with van der Waals surface area (Å²) in [7, 11) is 8.78. The fraction of sp³-hybridized carbons (Fsp3) is 0.938. The molecule has 0 aromatic rings. The molecule has 0 aliphatic heterocycles.